The van der Waals surface area contributed by atoms with E-state index >= 15 is 0 Å². The highest BCUT2D eigenvalue weighted by molar-refractivity contribution is 5.25. The van der Waals surface area contributed by atoms with Gasteiger partial charge in [-0.1, -0.05) is 12.1 Å². The predicted molar refractivity (Wildman–Crippen MR) is 69.4 cm³/mol. The number of hydrogen-bond donors (Lipinski definition) is 3. The number of nitrogens with one attached hydrogen (secondary N) is 1. The van der Waals surface area contributed by atoms with Crippen LogP contribution in [0.3, 0.4) is 0 Å². The maximum Gasteiger partial charge on any atom is 0.115 e. The molecular formula is C14H21NO3. The number of aliphatic hydroxyl groups excluding tert-OH is 1. The second-order valence-electron chi connectivity index (χ2n) is 4.93. The highest BCUT2D eigenvalue weighted by atomic mass is 16.5. The zero-order valence-corrected chi connectivity index (χ0v) is 10.5. The second kappa shape index (κ2) is 6.73. The van der Waals surface area contributed by atoms with Gasteiger partial charge in [-0.15, -0.1) is 0 Å². The zero-order valence-electron chi connectivity index (χ0n) is 10.5. The number of phenols is 1. The molecule has 1 atom stereocenters. The SMILES string of the molecule is Oc1ccc(CNCC(O)COCC2CC2)cc1. The number of ether oxygens (including phenoxy) is 1. The van der Waals surface area contributed by atoms with Crippen molar-refractivity contribution in [2.24, 2.45) is 5.92 Å². The maximum atomic E-state index is 9.68. The highest BCUT2D eigenvalue weighted by Crippen LogP contribution is 2.28. The minimum absolute atomic E-state index is 0.271. The Labute approximate surface area is 108 Å². The van der Waals surface area contributed by atoms with Gasteiger partial charge in [0.2, 0.25) is 0 Å². The molecule has 0 saturated heterocycles. The summed E-state index contributed by atoms with van der Waals surface area (Å²) in [5.74, 6) is 1.01. The number of phenolic OH excluding ortho intramolecular Hbond substituents is 1. The van der Waals surface area contributed by atoms with Gasteiger partial charge in [0.1, 0.15) is 5.75 Å². The Hall–Kier alpha value is -1.10. The summed E-state index contributed by atoms with van der Waals surface area (Å²) in [4.78, 5) is 0. The van der Waals surface area contributed by atoms with Crippen molar-refractivity contribution in [1.29, 1.82) is 0 Å². The van der Waals surface area contributed by atoms with Gasteiger partial charge < -0.3 is 20.3 Å². The molecule has 1 aliphatic carbocycles. The van der Waals surface area contributed by atoms with Crippen molar-refractivity contribution in [2.75, 3.05) is 19.8 Å². The lowest BCUT2D eigenvalue weighted by Gasteiger charge is -2.12. The van der Waals surface area contributed by atoms with E-state index < -0.39 is 6.10 Å². The van der Waals surface area contributed by atoms with Crippen LogP contribution in [-0.4, -0.2) is 36.1 Å². The van der Waals surface area contributed by atoms with Gasteiger partial charge in [-0.3, -0.25) is 0 Å². The summed E-state index contributed by atoms with van der Waals surface area (Å²) in [7, 11) is 0. The van der Waals surface area contributed by atoms with E-state index in [0.29, 0.717) is 19.7 Å². The Morgan fingerprint density at radius 3 is 2.67 bits per heavy atom. The molecule has 2 rings (SSSR count). The van der Waals surface area contributed by atoms with Crippen molar-refractivity contribution in [3.63, 3.8) is 0 Å². The van der Waals surface area contributed by atoms with Crippen molar-refractivity contribution in [3.8, 4) is 5.75 Å². The fraction of sp³-hybridized carbons (Fsp3) is 0.571. The highest BCUT2D eigenvalue weighted by Gasteiger charge is 2.21. The molecule has 0 aliphatic heterocycles. The smallest absolute Gasteiger partial charge is 0.115 e. The molecule has 0 heterocycles. The minimum atomic E-state index is -0.458. The molecule has 1 aromatic carbocycles. The molecule has 1 unspecified atom stereocenters. The monoisotopic (exact) mass is 251 g/mol. The Morgan fingerprint density at radius 2 is 2.00 bits per heavy atom. The van der Waals surface area contributed by atoms with Gasteiger partial charge in [-0.25, -0.2) is 0 Å². The molecule has 4 heteroatoms. The number of rotatable bonds is 8. The summed E-state index contributed by atoms with van der Waals surface area (Å²) in [6.45, 7) is 2.39. The summed E-state index contributed by atoms with van der Waals surface area (Å²) in [6.07, 6.45) is 2.09. The summed E-state index contributed by atoms with van der Waals surface area (Å²) >= 11 is 0. The normalized spacial score (nSPS) is 16.7. The Kier molecular flexibility index (Phi) is 4.99. The van der Waals surface area contributed by atoms with E-state index in [9.17, 15) is 5.11 Å². The largest absolute Gasteiger partial charge is 0.508 e. The number of aromatic hydroxyl groups is 1. The van der Waals surface area contributed by atoms with Crippen molar-refractivity contribution < 1.29 is 14.9 Å². The van der Waals surface area contributed by atoms with Gasteiger partial charge in [0.05, 0.1) is 12.7 Å². The first-order valence-corrected chi connectivity index (χ1v) is 6.48. The molecule has 0 amide bonds. The van der Waals surface area contributed by atoms with Crippen molar-refractivity contribution in [2.45, 2.75) is 25.5 Å². The third-order valence-electron chi connectivity index (χ3n) is 3.01. The summed E-state index contributed by atoms with van der Waals surface area (Å²) in [5, 5.41) is 22.0. The summed E-state index contributed by atoms with van der Waals surface area (Å²) in [6, 6.07) is 7.04. The van der Waals surface area contributed by atoms with Gasteiger partial charge in [0.15, 0.2) is 0 Å². The van der Waals surface area contributed by atoms with E-state index in [4.69, 9.17) is 9.84 Å². The minimum Gasteiger partial charge on any atom is -0.508 e. The van der Waals surface area contributed by atoms with Crippen molar-refractivity contribution in [1.82, 2.24) is 5.32 Å². The number of aliphatic hydroxyl groups is 1. The van der Waals surface area contributed by atoms with Crippen LogP contribution in [0.1, 0.15) is 18.4 Å². The molecule has 0 radical (unpaired) electrons. The molecule has 1 fully saturated rings. The van der Waals surface area contributed by atoms with Crippen molar-refractivity contribution >= 4 is 0 Å². The fourth-order valence-electron chi connectivity index (χ4n) is 1.71. The maximum absolute atomic E-state index is 9.68. The van der Waals surface area contributed by atoms with Crippen LogP contribution in [0, 0.1) is 5.92 Å². The molecule has 1 aliphatic rings. The Balaban J connectivity index is 1.54. The lowest BCUT2D eigenvalue weighted by atomic mass is 10.2. The topological polar surface area (TPSA) is 61.7 Å². The standard InChI is InChI=1S/C14H21NO3/c16-13-5-3-11(4-6-13)7-15-8-14(17)10-18-9-12-1-2-12/h3-6,12,14-17H,1-2,7-10H2. The first-order chi connectivity index (χ1) is 8.74. The van der Waals surface area contributed by atoms with E-state index in [1.54, 1.807) is 12.1 Å². The van der Waals surface area contributed by atoms with Crippen LogP contribution >= 0.6 is 0 Å². The quantitative estimate of drug-likeness (QED) is 0.651. The third kappa shape index (κ3) is 5.04. The predicted octanol–water partition coefficient (Wildman–Crippen LogP) is 1.27. The molecule has 1 saturated carbocycles. The van der Waals surface area contributed by atoms with Crippen LogP contribution in [0.15, 0.2) is 24.3 Å². The summed E-state index contributed by atoms with van der Waals surface area (Å²) in [5.41, 5.74) is 1.08. The van der Waals surface area contributed by atoms with E-state index in [-0.39, 0.29) is 5.75 Å². The molecule has 0 bridgehead atoms. The van der Waals surface area contributed by atoms with Gasteiger partial charge in [0, 0.05) is 19.7 Å². The molecule has 100 valence electrons. The van der Waals surface area contributed by atoms with E-state index in [1.807, 2.05) is 12.1 Å². The molecular weight excluding hydrogens is 230 g/mol. The van der Waals surface area contributed by atoms with Crippen LogP contribution in [0.25, 0.3) is 0 Å². The van der Waals surface area contributed by atoms with Crippen LogP contribution < -0.4 is 5.32 Å². The van der Waals surface area contributed by atoms with Gasteiger partial charge in [0.25, 0.3) is 0 Å². The van der Waals surface area contributed by atoms with E-state index in [0.717, 1.165) is 18.1 Å². The van der Waals surface area contributed by atoms with Crippen LogP contribution in [0.5, 0.6) is 5.75 Å². The average Bonchev–Trinajstić information content (AvgIpc) is 3.16. The number of hydrogen-bond acceptors (Lipinski definition) is 4. The van der Waals surface area contributed by atoms with E-state index in [2.05, 4.69) is 5.32 Å². The zero-order chi connectivity index (χ0) is 12.8. The first kappa shape index (κ1) is 13.3. The fourth-order valence-corrected chi connectivity index (χ4v) is 1.71. The van der Waals surface area contributed by atoms with Crippen molar-refractivity contribution in [3.05, 3.63) is 29.8 Å². The molecule has 18 heavy (non-hydrogen) atoms. The summed E-state index contributed by atoms with van der Waals surface area (Å²) < 4.78 is 5.41. The lowest BCUT2D eigenvalue weighted by molar-refractivity contribution is 0.0324. The van der Waals surface area contributed by atoms with Gasteiger partial charge in [-0.05, 0) is 36.5 Å². The second-order valence-corrected chi connectivity index (χ2v) is 4.93. The van der Waals surface area contributed by atoms with Crippen LogP contribution in [0.4, 0.5) is 0 Å². The van der Waals surface area contributed by atoms with E-state index in [1.165, 1.54) is 12.8 Å². The molecule has 0 spiro atoms. The first-order valence-electron chi connectivity index (χ1n) is 6.48. The molecule has 0 aromatic heterocycles. The average molecular weight is 251 g/mol. The van der Waals surface area contributed by atoms with Gasteiger partial charge in [-0.2, -0.15) is 0 Å². The molecule has 4 nitrogen and oxygen atoms in total. The van der Waals surface area contributed by atoms with Gasteiger partial charge >= 0.3 is 0 Å². The number of benzene rings is 1. The molecule has 1 aromatic rings. The Bertz CT molecular complexity index is 349. The van der Waals surface area contributed by atoms with Crippen LogP contribution in [0.2, 0.25) is 0 Å². The third-order valence-corrected chi connectivity index (χ3v) is 3.01. The molecule has 3 N–H and O–H groups in total. The van der Waals surface area contributed by atoms with Crippen LogP contribution in [-0.2, 0) is 11.3 Å². The Morgan fingerprint density at radius 1 is 1.28 bits per heavy atom. The lowest BCUT2D eigenvalue weighted by Crippen LogP contribution is -2.30.